The molecule has 8 heteroatoms. The Balaban J connectivity index is 2.03. The van der Waals surface area contributed by atoms with E-state index in [-0.39, 0.29) is 16.3 Å². The highest BCUT2D eigenvalue weighted by molar-refractivity contribution is 7.89. The first-order chi connectivity index (χ1) is 12.1. The van der Waals surface area contributed by atoms with Crippen LogP contribution in [0.3, 0.4) is 0 Å². The minimum atomic E-state index is -3.63. The molecule has 2 rings (SSSR count). The van der Waals surface area contributed by atoms with E-state index in [1.807, 2.05) is 26.8 Å². The smallest absolute Gasteiger partial charge is 0.275 e. The van der Waals surface area contributed by atoms with E-state index in [1.54, 1.807) is 12.1 Å². The number of benzene rings is 1. The van der Waals surface area contributed by atoms with Gasteiger partial charge in [0, 0.05) is 18.5 Å². The molecule has 1 atom stereocenters. The summed E-state index contributed by atoms with van der Waals surface area (Å²) in [6.45, 7) is 8.26. The first kappa shape index (κ1) is 20.4. The Labute approximate surface area is 155 Å². The van der Waals surface area contributed by atoms with Gasteiger partial charge in [0.2, 0.25) is 10.0 Å². The normalized spacial score (nSPS) is 19.4. The number of carbonyl (C=O) groups excluding carboxylic acids is 1. The number of carbonyl (C=O) groups is 1. The monoisotopic (exact) mass is 379 g/mol. The number of hydrogen-bond acceptors (Lipinski definition) is 4. The second kappa shape index (κ2) is 8.16. The molecule has 1 aromatic rings. The van der Waals surface area contributed by atoms with Crippen LogP contribution >= 0.6 is 0 Å². The SMILES string of the molecule is CC(C)(C)NC(=O)C[NH+]1CCCN(S(=O)(=O)c2cccc(C#N)c2)CC1. The van der Waals surface area contributed by atoms with Crippen LogP contribution in [-0.2, 0) is 14.8 Å². The molecule has 0 spiro atoms. The molecule has 1 amide bonds. The van der Waals surface area contributed by atoms with Gasteiger partial charge in [0.25, 0.3) is 5.91 Å². The van der Waals surface area contributed by atoms with Crippen molar-refractivity contribution in [3.8, 4) is 6.07 Å². The second-order valence-electron chi connectivity index (χ2n) is 7.62. The van der Waals surface area contributed by atoms with Crippen LogP contribution < -0.4 is 10.2 Å². The molecule has 1 aliphatic rings. The van der Waals surface area contributed by atoms with Crippen LogP contribution in [0.15, 0.2) is 29.2 Å². The Hall–Kier alpha value is -1.95. The molecular formula is C18H27N4O3S+. The third kappa shape index (κ3) is 5.53. The van der Waals surface area contributed by atoms with Crippen LogP contribution in [-0.4, -0.2) is 56.9 Å². The Morgan fingerprint density at radius 1 is 1.31 bits per heavy atom. The van der Waals surface area contributed by atoms with Gasteiger partial charge in [-0.2, -0.15) is 9.57 Å². The Morgan fingerprint density at radius 3 is 2.69 bits per heavy atom. The quantitative estimate of drug-likeness (QED) is 0.754. The number of nitrogens with one attached hydrogen (secondary N) is 2. The maximum absolute atomic E-state index is 12.9. The summed E-state index contributed by atoms with van der Waals surface area (Å²) >= 11 is 0. The van der Waals surface area contributed by atoms with Crippen molar-refractivity contribution in [3.05, 3.63) is 29.8 Å². The highest BCUT2D eigenvalue weighted by Gasteiger charge is 2.29. The molecule has 1 aliphatic heterocycles. The van der Waals surface area contributed by atoms with Gasteiger partial charge in [-0.1, -0.05) is 6.07 Å². The van der Waals surface area contributed by atoms with Gasteiger partial charge in [0.05, 0.1) is 36.2 Å². The molecule has 1 saturated heterocycles. The fourth-order valence-electron chi connectivity index (χ4n) is 3.01. The lowest BCUT2D eigenvalue weighted by molar-refractivity contribution is -0.889. The summed E-state index contributed by atoms with van der Waals surface area (Å²) < 4.78 is 27.2. The van der Waals surface area contributed by atoms with E-state index in [4.69, 9.17) is 5.26 Å². The summed E-state index contributed by atoms with van der Waals surface area (Å²) in [4.78, 5) is 13.3. The van der Waals surface area contributed by atoms with Crippen LogP contribution in [0.5, 0.6) is 0 Å². The summed E-state index contributed by atoms with van der Waals surface area (Å²) in [7, 11) is -3.63. The zero-order valence-electron chi connectivity index (χ0n) is 15.6. The molecule has 0 bridgehead atoms. The van der Waals surface area contributed by atoms with E-state index in [0.717, 1.165) is 11.4 Å². The summed E-state index contributed by atoms with van der Waals surface area (Å²) in [5.74, 6) is -0.0227. The lowest BCUT2D eigenvalue weighted by Crippen LogP contribution is -3.13. The number of amides is 1. The minimum Gasteiger partial charge on any atom is -0.347 e. The molecule has 0 saturated carbocycles. The number of nitriles is 1. The van der Waals surface area contributed by atoms with E-state index in [1.165, 1.54) is 16.4 Å². The number of sulfonamides is 1. The third-order valence-electron chi connectivity index (χ3n) is 4.18. The predicted octanol–water partition coefficient (Wildman–Crippen LogP) is -0.248. The summed E-state index contributed by atoms with van der Waals surface area (Å²) in [6, 6.07) is 8.06. The van der Waals surface area contributed by atoms with E-state index >= 15 is 0 Å². The van der Waals surface area contributed by atoms with Gasteiger partial charge in [0.15, 0.2) is 6.54 Å². The Morgan fingerprint density at radius 2 is 2.04 bits per heavy atom. The lowest BCUT2D eigenvalue weighted by Gasteiger charge is -2.23. The molecule has 0 radical (unpaired) electrons. The molecule has 7 nitrogen and oxygen atoms in total. The highest BCUT2D eigenvalue weighted by atomic mass is 32.2. The fourth-order valence-corrected chi connectivity index (χ4v) is 4.53. The minimum absolute atomic E-state index is 0.0227. The topological polar surface area (TPSA) is 94.7 Å². The summed E-state index contributed by atoms with van der Waals surface area (Å²) in [5.41, 5.74) is 0.0516. The summed E-state index contributed by atoms with van der Waals surface area (Å²) in [5, 5.41) is 11.9. The predicted molar refractivity (Wildman–Crippen MR) is 98.0 cm³/mol. The number of nitrogens with zero attached hydrogens (tertiary/aromatic N) is 2. The average molecular weight is 380 g/mol. The van der Waals surface area contributed by atoms with Crippen LogP contribution in [0.4, 0.5) is 0 Å². The molecule has 1 heterocycles. The van der Waals surface area contributed by atoms with Gasteiger partial charge in [0.1, 0.15) is 0 Å². The third-order valence-corrected chi connectivity index (χ3v) is 6.07. The van der Waals surface area contributed by atoms with Crippen molar-refractivity contribution in [2.24, 2.45) is 0 Å². The van der Waals surface area contributed by atoms with Gasteiger partial charge in [-0.3, -0.25) is 4.79 Å². The maximum atomic E-state index is 12.9. The molecular weight excluding hydrogens is 352 g/mol. The van der Waals surface area contributed by atoms with E-state index < -0.39 is 10.0 Å². The van der Waals surface area contributed by atoms with Crippen LogP contribution in [0.1, 0.15) is 32.8 Å². The molecule has 142 valence electrons. The van der Waals surface area contributed by atoms with Gasteiger partial charge < -0.3 is 10.2 Å². The number of hydrogen-bond donors (Lipinski definition) is 2. The van der Waals surface area contributed by atoms with Gasteiger partial charge >= 0.3 is 0 Å². The van der Waals surface area contributed by atoms with Gasteiger partial charge in [-0.15, -0.1) is 0 Å². The molecule has 0 aromatic heterocycles. The van der Waals surface area contributed by atoms with Gasteiger partial charge in [-0.05, 0) is 39.0 Å². The lowest BCUT2D eigenvalue weighted by atomic mass is 10.1. The van der Waals surface area contributed by atoms with E-state index in [0.29, 0.717) is 38.2 Å². The van der Waals surface area contributed by atoms with Gasteiger partial charge in [-0.25, -0.2) is 8.42 Å². The number of quaternary nitrogens is 1. The maximum Gasteiger partial charge on any atom is 0.275 e. The highest BCUT2D eigenvalue weighted by Crippen LogP contribution is 2.17. The largest absolute Gasteiger partial charge is 0.347 e. The molecule has 1 aromatic carbocycles. The average Bonchev–Trinajstić information content (AvgIpc) is 2.79. The van der Waals surface area contributed by atoms with Crippen molar-refractivity contribution in [1.29, 1.82) is 5.26 Å². The molecule has 2 N–H and O–H groups in total. The van der Waals surface area contributed by atoms with Crippen molar-refractivity contribution < 1.29 is 18.1 Å². The molecule has 0 aliphatic carbocycles. The number of rotatable bonds is 4. The van der Waals surface area contributed by atoms with Crippen molar-refractivity contribution in [1.82, 2.24) is 9.62 Å². The zero-order chi connectivity index (χ0) is 19.4. The Kier molecular flexibility index (Phi) is 6.39. The summed E-state index contributed by atoms with van der Waals surface area (Å²) in [6.07, 6.45) is 0.690. The van der Waals surface area contributed by atoms with Crippen molar-refractivity contribution in [2.75, 3.05) is 32.7 Å². The molecule has 1 fully saturated rings. The molecule has 1 unspecified atom stereocenters. The second-order valence-corrected chi connectivity index (χ2v) is 9.56. The standard InChI is InChI=1S/C18H26N4O3S/c1-18(2,3)20-17(23)14-21-8-5-9-22(11-10-21)26(24,25)16-7-4-6-15(12-16)13-19/h4,6-7,12H,5,8-11,14H2,1-3H3,(H,20,23)/p+1. The van der Waals surface area contributed by atoms with Crippen molar-refractivity contribution in [3.63, 3.8) is 0 Å². The van der Waals surface area contributed by atoms with E-state index in [9.17, 15) is 13.2 Å². The first-order valence-corrected chi connectivity index (χ1v) is 10.2. The molecule has 26 heavy (non-hydrogen) atoms. The first-order valence-electron chi connectivity index (χ1n) is 8.77. The Bertz CT molecular complexity index is 793. The fraction of sp³-hybridized carbons (Fsp3) is 0.556. The van der Waals surface area contributed by atoms with E-state index in [2.05, 4.69) is 5.32 Å². The van der Waals surface area contributed by atoms with Crippen LogP contribution in [0.25, 0.3) is 0 Å². The zero-order valence-corrected chi connectivity index (χ0v) is 16.4. The van der Waals surface area contributed by atoms with Crippen molar-refractivity contribution >= 4 is 15.9 Å². The van der Waals surface area contributed by atoms with Crippen LogP contribution in [0.2, 0.25) is 0 Å². The van der Waals surface area contributed by atoms with Crippen LogP contribution in [0, 0.1) is 11.3 Å². The van der Waals surface area contributed by atoms with Crippen molar-refractivity contribution in [2.45, 2.75) is 37.6 Å².